The van der Waals surface area contributed by atoms with Crippen LogP contribution in [0.15, 0.2) is 6.20 Å². The van der Waals surface area contributed by atoms with Crippen molar-refractivity contribution in [3.63, 3.8) is 0 Å². The summed E-state index contributed by atoms with van der Waals surface area (Å²) in [5.41, 5.74) is 0.800. The third-order valence-electron chi connectivity index (χ3n) is 1.88. The van der Waals surface area contributed by atoms with Crippen molar-refractivity contribution in [2.45, 2.75) is 6.92 Å². The number of aryl methyl sites for hydroxylation is 1. The summed E-state index contributed by atoms with van der Waals surface area (Å²) < 4.78 is 18.5. The predicted octanol–water partition coefficient (Wildman–Crippen LogP) is 2.71. The molecule has 0 N–H and O–H groups in total. The monoisotopic (exact) mass is 259 g/mol. The Morgan fingerprint density at radius 3 is 2.81 bits per heavy atom. The second kappa shape index (κ2) is 4.31. The number of rotatable bonds is 2. The van der Waals surface area contributed by atoms with Gasteiger partial charge in [0, 0.05) is 0 Å². The van der Waals surface area contributed by atoms with Gasteiger partial charge in [0.2, 0.25) is 5.28 Å². The van der Waals surface area contributed by atoms with E-state index in [1.807, 2.05) is 0 Å². The minimum absolute atomic E-state index is 0.00293. The molecular formula is C9H7ClFN3OS. The molecule has 0 saturated carbocycles. The molecule has 2 rings (SSSR count). The summed E-state index contributed by atoms with van der Waals surface area (Å²) in [6.07, 6.45) is 1.04. The summed E-state index contributed by atoms with van der Waals surface area (Å²) in [6, 6.07) is 0. The lowest BCUT2D eigenvalue weighted by molar-refractivity contribution is 0.411. The standard InChI is InChI=1S/C9H7ClFN3OS/c1-4-7(16-9(13-4)15-2)6-5(11)3-12-8(10)14-6/h3H,1-2H3. The lowest BCUT2D eigenvalue weighted by Crippen LogP contribution is -1.92. The van der Waals surface area contributed by atoms with Crippen molar-refractivity contribution in [2.24, 2.45) is 0 Å². The molecule has 16 heavy (non-hydrogen) atoms. The quantitative estimate of drug-likeness (QED) is 0.778. The van der Waals surface area contributed by atoms with Crippen LogP contribution in [0.2, 0.25) is 5.28 Å². The molecule has 2 aromatic rings. The maximum absolute atomic E-state index is 13.5. The van der Waals surface area contributed by atoms with Gasteiger partial charge in [0.15, 0.2) is 5.82 Å². The van der Waals surface area contributed by atoms with Crippen LogP contribution < -0.4 is 4.74 Å². The molecule has 0 aliphatic rings. The molecule has 0 atom stereocenters. The van der Waals surface area contributed by atoms with Crippen molar-refractivity contribution in [3.05, 3.63) is 23.0 Å². The van der Waals surface area contributed by atoms with E-state index in [1.54, 1.807) is 6.92 Å². The Morgan fingerprint density at radius 1 is 1.44 bits per heavy atom. The largest absolute Gasteiger partial charge is 0.473 e. The van der Waals surface area contributed by atoms with Gasteiger partial charge >= 0.3 is 0 Å². The molecule has 7 heteroatoms. The van der Waals surface area contributed by atoms with Gasteiger partial charge in [0.05, 0.1) is 23.9 Å². The Labute approximate surface area is 100 Å². The van der Waals surface area contributed by atoms with Crippen molar-refractivity contribution in [2.75, 3.05) is 7.11 Å². The van der Waals surface area contributed by atoms with Crippen LogP contribution in [-0.4, -0.2) is 22.1 Å². The summed E-state index contributed by atoms with van der Waals surface area (Å²) in [5, 5.41) is 0.463. The van der Waals surface area contributed by atoms with E-state index < -0.39 is 5.82 Å². The van der Waals surface area contributed by atoms with Crippen molar-refractivity contribution in [1.29, 1.82) is 0 Å². The molecule has 2 heterocycles. The maximum Gasteiger partial charge on any atom is 0.273 e. The summed E-state index contributed by atoms with van der Waals surface area (Å²) in [6.45, 7) is 1.75. The van der Waals surface area contributed by atoms with E-state index in [1.165, 1.54) is 18.4 Å². The van der Waals surface area contributed by atoms with E-state index in [9.17, 15) is 4.39 Å². The summed E-state index contributed by atoms with van der Waals surface area (Å²) in [5.74, 6) is -0.529. The molecule has 0 aromatic carbocycles. The van der Waals surface area contributed by atoms with Crippen molar-refractivity contribution < 1.29 is 9.13 Å². The molecule has 0 aliphatic carbocycles. The fourth-order valence-electron chi connectivity index (χ4n) is 1.18. The Balaban J connectivity index is 2.57. The molecule has 0 spiro atoms. The molecule has 84 valence electrons. The second-order valence-electron chi connectivity index (χ2n) is 2.93. The average molecular weight is 260 g/mol. The Morgan fingerprint density at radius 2 is 2.19 bits per heavy atom. The van der Waals surface area contributed by atoms with Gasteiger partial charge in [-0.3, -0.25) is 0 Å². The van der Waals surface area contributed by atoms with E-state index in [2.05, 4.69) is 15.0 Å². The number of aromatic nitrogens is 3. The molecule has 0 bridgehead atoms. The first-order chi connectivity index (χ1) is 7.61. The Bertz CT molecular complexity index is 531. The zero-order valence-corrected chi connectivity index (χ0v) is 10.1. The number of halogens is 2. The van der Waals surface area contributed by atoms with Gasteiger partial charge in [-0.05, 0) is 18.5 Å². The molecule has 0 aliphatic heterocycles. The molecule has 0 saturated heterocycles. The van der Waals surface area contributed by atoms with Gasteiger partial charge in [-0.2, -0.15) is 0 Å². The van der Waals surface area contributed by atoms with Crippen LogP contribution in [0.25, 0.3) is 10.6 Å². The van der Waals surface area contributed by atoms with Crippen LogP contribution in [0, 0.1) is 12.7 Å². The first kappa shape index (κ1) is 11.2. The van der Waals surface area contributed by atoms with Crippen LogP contribution in [0.4, 0.5) is 4.39 Å². The molecule has 0 fully saturated rings. The van der Waals surface area contributed by atoms with Crippen molar-refractivity contribution in [1.82, 2.24) is 15.0 Å². The van der Waals surface area contributed by atoms with Gasteiger partial charge < -0.3 is 4.74 Å². The van der Waals surface area contributed by atoms with Crippen LogP contribution in [-0.2, 0) is 0 Å². The first-order valence-corrected chi connectivity index (χ1v) is 5.51. The molecule has 0 amide bonds. The highest BCUT2D eigenvalue weighted by molar-refractivity contribution is 7.17. The van der Waals surface area contributed by atoms with Crippen LogP contribution in [0.5, 0.6) is 5.19 Å². The molecule has 4 nitrogen and oxygen atoms in total. The van der Waals surface area contributed by atoms with Crippen LogP contribution in [0.1, 0.15) is 5.69 Å². The Kier molecular flexibility index (Phi) is 3.02. The third-order valence-corrected chi connectivity index (χ3v) is 3.19. The third kappa shape index (κ3) is 1.98. The number of hydrogen-bond donors (Lipinski definition) is 0. The normalized spacial score (nSPS) is 10.5. The van der Waals surface area contributed by atoms with E-state index in [4.69, 9.17) is 16.3 Å². The SMILES string of the molecule is COc1nc(C)c(-c2nc(Cl)ncc2F)s1. The first-order valence-electron chi connectivity index (χ1n) is 4.31. The van der Waals surface area contributed by atoms with Crippen LogP contribution >= 0.6 is 22.9 Å². The molecule has 2 aromatic heterocycles. The van der Waals surface area contributed by atoms with Gasteiger partial charge in [-0.1, -0.05) is 11.3 Å². The fourth-order valence-corrected chi connectivity index (χ4v) is 2.19. The van der Waals surface area contributed by atoms with Crippen LogP contribution in [0.3, 0.4) is 0 Å². The minimum atomic E-state index is -0.529. The smallest absolute Gasteiger partial charge is 0.273 e. The topological polar surface area (TPSA) is 47.9 Å². The zero-order chi connectivity index (χ0) is 11.7. The highest BCUT2D eigenvalue weighted by Crippen LogP contribution is 2.34. The Hall–Kier alpha value is -1.27. The lowest BCUT2D eigenvalue weighted by Gasteiger charge is -1.99. The van der Waals surface area contributed by atoms with Gasteiger partial charge in [0.25, 0.3) is 5.19 Å². The molecule has 0 radical (unpaired) electrons. The number of nitrogens with zero attached hydrogens (tertiary/aromatic N) is 3. The molecule has 0 unspecified atom stereocenters. The summed E-state index contributed by atoms with van der Waals surface area (Å²) in [4.78, 5) is 12.1. The van der Waals surface area contributed by atoms with E-state index in [-0.39, 0.29) is 11.0 Å². The van der Waals surface area contributed by atoms with Gasteiger partial charge in [-0.25, -0.2) is 19.3 Å². The highest BCUT2D eigenvalue weighted by atomic mass is 35.5. The average Bonchev–Trinajstić information content (AvgIpc) is 2.63. The minimum Gasteiger partial charge on any atom is -0.473 e. The number of thiazole rings is 1. The van der Waals surface area contributed by atoms with E-state index >= 15 is 0 Å². The fraction of sp³-hybridized carbons (Fsp3) is 0.222. The summed E-state index contributed by atoms with van der Waals surface area (Å²) >= 11 is 6.84. The van der Waals surface area contributed by atoms with Gasteiger partial charge in [0.1, 0.15) is 5.69 Å². The number of methoxy groups -OCH3 is 1. The molecular weight excluding hydrogens is 253 g/mol. The van der Waals surface area contributed by atoms with Gasteiger partial charge in [-0.15, -0.1) is 0 Å². The number of ether oxygens (including phenoxy) is 1. The van der Waals surface area contributed by atoms with E-state index in [0.29, 0.717) is 15.8 Å². The van der Waals surface area contributed by atoms with Crippen molar-refractivity contribution in [3.8, 4) is 15.8 Å². The zero-order valence-electron chi connectivity index (χ0n) is 8.49. The second-order valence-corrected chi connectivity index (χ2v) is 4.23. The lowest BCUT2D eigenvalue weighted by atomic mass is 10.3. The maximum atomic E-state index is 13.5. The summed E-state index contributed by atoms with van der Waals surface area (Å²) in [7, 11) is 1.51. The predicted molar refractivity (Wildman–Crippen MR) is 59.4 cm³/mol. The number of hydrogen-bond acceptors (Lipinski definition) is 5. The van der Waals surface area contributed by atoms with E-state index in [0.717, 1.165) is 6.20 Å². The van der Waals surface area contributed by atoms with Crippen molar-refractivity contribution >= 4 is 22.9 Å². The highest BCUT2D eigenvalue weighted by Gasteiger charge is 2.16.